The molecule has 25 heavy (non-hydrogen) atoms. The van der Waals surface area contributed by atoms with Gasteiger partial charge < -0.3 is 5.32 Å². The number of rotatable bonds is 5. The minimum absolute atomic E-state index is 0.263. The van der Waals surface area contributed by atoms with Crippen LogP contribution >= 0.6 is 0 Å². The third kappa shape index (κ3) is 4.16. The fraction of sp³-hybridized carbons (Fsp3) is 0.444. The number of hydrogen-bond acceptors (Lipinski definition) is 5. The van der Waals surface area contributed by atoms with E-state index in [-0.39, 0.29) is 4.90 Å². The lowest BCUT2D eigenvalue weighted by molar-refractivity contribution is 0.461. The van der Waals surface area contributed by atoms with Crippen molar-refractivity contribution in [1.82, 2.24) is 14.9 Å². The summed E-state index contributed by atoms with van der Waals surface area (Å²) < 4.78 is 26.6. The molecule has 1 aromatic heterocycles. The van der Waals surface area contributed by atoms with E-state index in [1.165, 1.54) is 39.2 Å². The normalized spacial score (nSPS) is 15.9. The van der Waals surface area contributed by atoms with Crippen LogP contribution in [-0.4, -0.2) is 31.7 Å². The second-order valence-electron chi connectivity index (χ2n) is 6.47. The van der Waals surface area contributed by atoms with Gasteiger partial charge in [-0.05, 0) is 50.6 Å². The van der Waals surface area contributed by atoms with E-state index in [1.807, 2.05) is 18.2 Å². The van der Waals surface area contributed by atoms with Crippen molar-refractivity contribution in [2.24, 2.45) is 0 Å². The zero-order valence-corrected chi connectivity index (χ0v) is 15.4. The Morgan fingerprint density at radius 2 is 1.80 bits per heavy atom. The Hall–Kier alpha value is -1.99. The molecule has 1 heterocycles. The van der Waals surface area contributed by atoms with Gasteiger partial charge in [-0.15, -0.1) is 10.2 Å². The lowest BCUT2D eigenvalue weighted by Gasteiger charge is -2.22. The fourth-order valence-electron chi connectivity index (χ4n) is 3.18. The van der Waals surface area contributed by atoms with E-state index in [4.69, 9.17) is 0 Å². The molecule has 0 bridgehead atoms. The Morgan fingerprint density at radius 3 is 2.44 bits per heavy atom. The highest BCUT2D eigenvalue weighted by Crippen LogP contribution is 2.25. The highest BCUT2D eigenvalue weighted by molar-refractivity contribution is 7.89. The number of aromatic nitrogens is 2. The highest BCUT2D eigenvalue weighted by atomic mass is 32.2. The van der Waals surface area contributed by atoms with Gasteiger partial charge in [-0.3, -0.25) is 0 Å². The Bertz CT molecular complexity index is 829. The molecule has 1 aromatic carbocycles. The lowest BCUT2D eigenvalue weighted by atomic mass is 9.95. The summed E-state index contributed by atoms with van der Waals surface area (Å²) in [6.45, 7) is 1.77. The average Bonchev–Trinajstić information content (AvgIpc) is 2.63. The summed E-state index contributed by atoms with van der Waals surface area (Å²) in [4.78, 5) is 0.263. The van der Waals surface area contributed by atoms with Crippen molar-refractivity contribution in [2.45, 2.75) is 50.0 Å². The first kappa shape index (κ1) is 17.8. The van der Waals surface area contributed by atoms with E-state index in [0.29, 0.717) is 17.3 Å². The molecule has 7 heteroatoms. The molecule has 0 saturated heterocycles. The van der Waals surface area contributed by atoms with Gasteiger partial charge in [-0.2, -0.15) is 0 Å². The minimum atomic E-state index is -3.50. The predicted molar refractivity (Wildman–Crippen MR) is 98.9 cm³/mol. The Kier molecular flexibility index (Phi) is 5.34. The first-order chi connectivity index (χ1) is 12.0. The van der Waals surface area contributed by atoms with Gasteiger partial charge in [0.15, 0.2) is 0 Å². The van der Waals surface area contributed by atoms with Gasteiger partial charge in [0.2, 0.25) is 10.0 Å². The Labute approximate surface area is 149 Å². The van der Waals surface area contributed by atoms with Crippen LogP contribution in [-0.2, 0) is 10.0 Å². The van der Waals surface area contributed by atoms with Gasteiger partial charge in [-0.25, -0.2) is 13.1 Å². The first-order valence-electron chi connectivity index (χ1n) is 8.64. The van der Waals surface area contributed by atoms with Gasteiger partial charge in [0.25, 0.3) is 0 Å². The van der Waals surface area contributed by atoms with E-state index in [1.54, 1.807) is 19.1 Å². The lowest BCUT2D eigenvalue weighted by Crippen LogP contribution is -2.22. The van der Waals surface area contributed by atoms with E-state index < -0.39 is 10.0 Å². The van der Waals surface area contributed by atoms with Gasteiger partial charge in [0.1, 0.15) is 5.82 Å². The van der Waals surface area contributed by atoms with Crippen molar-refractivity contribution in [3.8, 4) is 11.3 Å². The third-order valence-corrected chi connectivity index (χ3v) is 6.22. The van der Waals surface area contributed by atoms with Crippen molar-refractivity contribution in [3.05, 3.63) is 35.9 Å². The van der Waals surface area contributed by atoms with Crippen LogP contribution in [0.2, 0.25) is 0 Å². The van der Waals surface area contributed by atoms with Gasteiger partial charge >= 0.3 is 0 Å². The topological polar surface area (TPSA) is 84.0 Å². The molecule has 0 radical (unpaired) electrons. The van der Waals surface area contributed by atoms with Crippen LogP contribution in [0.3, 0.4) is 0 Å². The van der Waals surface area contributed by atoms with Gasteiger partial charge in [0, 0.05) is 11.6 Å². The largest absolute Gasteiger partial charge is 0.366 e. The quantitative estimate of drug-likeness (QED) is 0.856. The molecule has 2 N–H and O–H groups in total. The zero-order valence-electron chi connectivity index (χ0n) is 14.6. The minimum Gasteiger partial charge on any atom is -0.366 e. The van der Waals surface area contributed by atoms with E-state index in [9.17, 15) is 8.42 Å². The standard InChI is InChI=1S/C18H24N4O2S/c1-13-8-9-14(12-17(13)25(23,24)19-2)16-10-11-18(22-21-16)20-15-6-4-3-5-7-15/h8-12,15,19H,3-7H2,1-2H3,(H,20,22). The van der Waals surface area contributed by atoms with E-state index in [2.05, 4.69) is 20.2 Å². The van der Waals surface area contributed by atoms with Crippen molar-refractivity contribution in [1.29, 1.82) is 0 Å². The maximum absolute atomic E-state index is 12.1. The van der Waals surface area contributed by atoms with Crippen molar-refractivity contribution >= 4 is 15.8 Å². The molecule has 3 rings (SSSR count). The highest BCUT2D eigenvalue weighted by Gasteiger charge is 2.17. The summed E-state index contributed by atoms with van der Waals surface area (Å²) >= 11 is 0. The van der Waals surface area contributed by atoms with Crippen LogP contribution in [0, 0.1) is 6.92 Å². The zero-order chi connectivity index (χ0) is 17.9. The fourth-order valence-corrected chi connectivity index (χ4v) is 4.17. The van der Waals surface area contributed by atoms with E-state index in [0.717, 1.165) is 11.4 Å². The van der Waals surface area contributed by atoms with Crippen molar-refractivity contribution in [2.75, 3.05) is 12.4 Å². The number of nitrogens with zero attached hydrogens (tertiary/aromatic N) is 2. The van der Waals surface area contributed by atoms with Crippen LogP contribution in [0.15, 0.2) is 35.2 Å². The second kappa shape index (κ2) is 7.49. The maximum Gasteiger partial charge on any atom is 0.240 e. The smallest absolute Gasteiger partial charge is 0.240 e. The number of hydrogen-bond donors (Lipinski definition) is 2. The number of aryl methyl sites for hydroxylation is 1. The summed E-state index contributed by atoms with van der Waals surface area (Å²) in [6, 6.07) is 9.54. The molecule has 0 unspecified atom stereocenters. The Morgan fingerprint density at radius 1 is 1.04 bits per heavy atom. The number of sulfonamides is 1. The second-order valence-corrected chi connectivity index (χ2v) is 8.33. The molecule has 1 fully saturated rings. The molecule has 2 aromatic rings. The van der Waals surface area contributed by atoms with Gasteiger partial charge in [-0.1, -0.05) is 31.4 Å². The third-order valence-electron chi connectivity index (χ3n) is 4.66. The summed E-state index contributed by atoms with van der Waals surface area (Å²) in [5.41, 5.74) is 2.08. The van der Waals surface area contributed by atoms with Crippen LogP contribution in [0.5, 0.6) is 0 Å². The molecule has 134 valence electrons. The van der Waals surface area contributed by atoms with Crippen LogP contribution in [0.4, 0.5) is 5.82 Å². The summed E-state index contributed by atoms with van der Waals surface area (Å²) in [6.07, 6.45) is 6.18. The molecular weight excluding hydrogens is 336 g/mol. The molecule has 0 aliphatic heterocycles. The maximum atomic E-state index is 12.1. The van der Waals surface area contributed by atoms with Crippen molar-refractivity contribution < 1.29 is 8.42 Å². The molecule has 0 spiro atoms. The Balaban J connectivity index is 1.81. The molecule has 1 aliphatic carbocycles. The number of nitrogens with one attached hydrogen (secondary N) is 2. The number of benzene rings is 1. The SMILES string of the molecule is CNS(=O)(=O)c1cc(-c2ccc(NC3CCCCC3)nn2)ccc1C. The molecule has 1 aliphatic rings. The van der Waals surface area contributed by atoms with Crippen molar-refractivity contribution in [3.63, 3.8) is 0 Å². The molecule has 6 nitrogen and oxygen atoms in total. The summed E-state index contributed by atoms with van der Waals surface area (Å²) in [7, 11) is -2.09. The summed E-state index contributed by atoms with van der Waals surface area (Å²) in [5.74, 6) is 0.769. The molecule has 0 atom stereocenters. The molecule has 0 amide bonds. The monoisotopic (exact) mass is 360 g/mol. The number of anilines is 1. The molecule has 1 saturated carbocycles. The predicted octanol–water partition coefficient (Wildman–Crippen LogP) is 3.10. The van der Waals surface area contributed by atoms with Crippen LogP contribution < -0.4 is 10.0 Å². The summed E-state index contributed by atoms with van der Waals surface area (Å²) in [5, 5.41) is 12.0. The van der Waals surface area contributed by atoms with Crippen LogP contribution in [0.25, 0.3) is 11.3 Å². The van der Waals surface area contributed by atoms with E-state index >= 15 is 0 Å². The van der Waals surface area contributed by atoms with Crippen LogP contribution in [0.1, 0.15) is 37.7 Å². The molecular formula is C18H24N4O2S. The van der Waals surface area contributed by atoms with Gasteiger partial charge in [0.05, 0.1) is 10.6 Å². The average molecular weight is 360 g/mol. The first-order valence-corrected chi connectivity index (χ1v) is 10.1.